The zero-order valence-electron chi connectivity index (χ0n) is 16.4. The molecule has 0 atom stereocenters. The standard InChI is InChI=1S/C22H22N2O3S3/c25-22(19-13-16-8-7-15-5-1-2-6-18(15)21(16)29-19)23-14-17-9-10-20(28-17)30(26,27)24-11-3-4-12-24/h1-2,5-6,9-10,13H,3-4,7-8,11-12,14H2,(H,23,25). The van der Waals surface area contributed by atoms with Crippen LogP contribution in [0.4, 0.5) is 0 Å². The first-order valence-electron chi connectivity index (χ1n) is 10.1. The third-order valence-electron chi connectivity index (χ3n) is 5.68. The molecule has 8 heteroatoms. The van der Waals surface area contributed by atoms with E-state index in [1.807, 2.05) is 12.1 Å². The first kappa shape index (κ1) is 19.9. The van der Waals surface area contributed by atoms with Crippen molar-refractivity contribution in [3.05, 3.63) is 63.3 Å². The number of hydrogen-bond acceptors (Lipinski definition) is 5. The Morgan fingerprint density at radius 2 is 1.77 bits per heavy atom. The number of carbonyl (C=O) groups excluding carboxylic acids is 1. The van der Waals surface area contributed by atoms with Crippen molar-refractivity contribution in [2.45, 2.75) is 36.4 Å². The summed E-state index contributed by atoms with van der Waals surface area (Å²) >= 11 is 2.78. The average Bonchev–Trinajstić information content (AvgIpc) is 3.52. The summed E-state index contributed by atoms with van der Waals surface area (Å²) in [7, 11) is -3.40. The van der Waals surface area contributed by atoms with Gasteiger partial charge < -0.3 is 5.32 Å². The smallest absolute Gasteiger partial charge is 0.261 e. The van der Waals surface area contributed by atoms with Gasteiger partial charge in [-0.05, 0) is 60.6 Å². The topological polar surface area (TPSA) is 66.5 Å². The summed E-state index contributed by atoms with van der Waals surface area (Å²) < 4.78 is 27.3. The third-order valence-corrected chi connectivity index (χ3v) is 10.3. The summed E-state index contributed by atoms with van der Waals surface area (Å²) in [4.78, 5) is 15.5. The Kier molecular flexibility index (Phi) is 5.26. The molecule has 2 aliphatic rings. The van der Waals surface area contributed by atoms with Crippen molar-refractivity contribution in [3.63, 3.8) is 0 Å². The molecule has 1 aliphatic carbocycles. The van der Waals surface area contributed by atoms with Crippen LogP contribution in [0.1, 0.15) is 38.5 Å². The highest BCUT2D eigenvalue weighted by Crippen LogP contribution is 2.39. The third kappa shape index (κ3) is 3.62. The maximum atomic E-state index is 12.7. The fraction of sp³-hybridized carbons (Fsp3) is 0.318. The number of sulfonamides is 1. The van der Waals surface area contributed by atoms with Gasteiger partial charge in [0.2, 0.25) is 0 Å². The Hall–Kier alpha value is -2.00. The van der Waals surface area contributed by atoms with Gasteiger partial charge >= 0.3 is 0 Å². The van der Waals surface area contributed by atoms with Crippen molar-refractivity contribution in [3.8, 4) is 10.4 Å². The van der Waals surface area contributed by atoms with Gasteiger partial charge in [0.25, 0.3) is 15.9 Å². The molecule has 0 saturated carbocycles. The molecule has 30 heavy (non-hydrogen) atoms. The van der Waals surface area contributed by atoms with Gasteiger partial charge in [-0.1, -0.05) is 24.3 Å². The van der Waals surface area contributed by atoms with E-state index < -0.39 is 10.0 Å². The second-order valence-electron chi connectivity index (χ2n) is 7.64. The minimum Gasteiger partial charge on any atom is -0.346 e. The van der Waals surface area contributed by atoms with E-state index in [4.69, 9.17) is 0 Å². The normalized spacial score (nSPS) is 16.3. The van der Waals surface area contributed by atoms with Crippen LogP contribution in [0.15, 0.2) is 46.7 Å². The average molecular weight is 459 g/mol. The molecule has 0 bridgehead atoms. The molecule has 1 amide bonds. The van der Waals surface area contributed by atoms with Crippen molar-refractivity contribution in [1.29, 1.82) is 0 Å². The molecule has 2 aromatic heterocycles. The van der Waals surface area contributed by atoms with E-state index in [9.17, 15) is 13.2 Å². The Morgan fingerprint density at radius 1 is 1.00 bits per heavy atom. The molecule has 0 unspecified atom stereocenters. The Morgan fingerprint density at radius 3 is 2.60 bits per heavy atom. The fourth-order valence-electron chi connectivity index (χ4n) is 4.09. The number of aryl methyl sites for hydroxylation is 2. The molecular weight excluding hydrogens is 436 g/mol. The van der Waals surface area contributed by atoms with Crippen LogP contribution in [0.2, 0.25) is 0 Å². The minimum atomic E-state index is -3.40. The number of fused-ring (bicyclic) bond motifs is 3. The Bertz CT molecular complexity index is 1200. The van der Waals surface area contributed by atoms with Gasteiger partial charge in [-0.25, -0.2) is 8.42 Å². The lowest BCUT2D eigenvalue weighted by Crippen LogP contribution is -2.27. The zero-order valence-corrected chi connectivity index (χ0v) is 18.8. The summed E-state index contributed by atoms with van der Waals surface area (Å²) in [5.74, 6) is -0.107. The van der Waals surface area contributed by atoms with Gasteiger partial charge in [0.15, 0.2) is 0 Å². The number of hydrogen-bond donors (Lipinski definition) is 1. The van der Waals surface area contributed by atoms with Gasteiger partial charge in [-0.2, -0.15) is 4.31 Å². The van der Waals surface area contributed by atoms with Crippen molar-refractivity contribution >= 4 is 38.6 Å². The molecule has 0 radical (unpaired) electrons. The van der Waals surface area contributed by atoms with Crippen LogP contribution in [0.25, 0.3) is 10.4 Å². The second kappa shape index (κ2) is 7.92. The highest BCUT2D eigenvalue weighted by atomic mass is 32.2. The van der Waals surface area contributed by atoms with Crippen molar-refractivity contribution in [2.75, 3.05) is 13.1 Å². The zero-order chi connectivity index (χ0) is 20.7. The fourth-order valence-corrected chi connectivity index (χ4v) is 8.24. The quantitative estimate of drug-likeness (QED) is 0.620. The molecule has 5 rings (SSSR count). The molecule has 5 nitrogen and oxygen atoms in total. The van der Waals surface area contributed by atoms with E-state index in [1.54, 1.807) is 16.4 Å². The summed E-state index contributed by atoms with van der Waals surface area (Å²) in [6, 6.07) is 13.8. The molecule has 156 valence electrons. The van der Waals surface area contributed by atoms with Crippen molar-refractivity contribution in [1.82, 2.24) is 9.62 Å². The van der Waals surface area contributed by atoms with Gasteiger partial charge in [0.05, 0.1) is 11.4 Å². The largest absolute Gasteiger partial charge is 0.346 e. The molecule has 1 saturated heterocycles. The van der Waals surface area contributed by atoms with E-state index in [0.717, 1.165) is 30.6 Å². The number of rotatable bonds is 5. The lowest BCUT2D eigenvalue weighted by Gasteiger charge is -2.15. The Labute approximate surface area is 184 Å². The van der Waals surface area contributed by atoms with Crippen LogP contribution in [-0.2, 0) is 29.4 Å². The van der Waals surface area contributed by atoms with E-state index in [-0.39, 0.29) is 5.91 Å². The predicted octanol–water partition coefficient (Wildman–Crippen LogP) is 4.29. The molecule has 1 N–H and O–H groups in total. The first-order valence-corrected chi connectivity index (χ1v) is 13.2. The van der Waals surface area contributed by atoms with Gasteiger partial charge in [0, 0.05) is 22.8 Å². The summed E-state index contributed by atoms with van der Waals surface area (Å²) in [6.45, 7) is 1.52. The molecule has 1 aliphatic heterocycles. The summed E-state index contributed by atoms with van der Waals surface area (Å²) in [6.07, 6.45) is 3.80. The van der Waals surface area contributed by atoms with E-state index in [0.29, 0.717) is 28.7 Å². The maximum Gasteiger partial charge on any atom is 0.261 e. The van der Waals surface area contributed by atoms with E-state index >= 15 is 0 Å². The van der Waals surface area contributed by atoms with Crippen LogP contribution < -0.4 is 5.32 Å². The number of benzene rings is 1. The number of nitrogens with one attached hydrogen (secondary N) is 1. The number of nitrogens with zero attached hydrogens (tertiary/aromatic N) is 1. The highest BCUT2D eigenvalue weighted by molar-refractivity contribution is 7.91. The molecule has 3 heterocycles. The molecule has 3 aromatic rings. The van der Waals surface area contributed by atoms with Crippen LogP contribution in [-0.4, -0.2) is 31.7 Å². The minimum absolute atomic E-state index is 0.107. The first-order chi connectivity index (χ1) is 14.5. The van der Waals surface area contributed by atoms with E-state index in [1.165, 1.54) is 44.2 Å². The predicted molar refractivity (Wildman–Crippen MR) is 121 cm³/mol. The molecular formula is C22H22N2O3S3. The van der Waals surface area contributed by atoms with Gasteiger partial charge in [-0.3, -0.25) is 4.79 Å². The maximum absolute atomic E-state index is 12.7. The van der Waals surface area contributed by atoms with E-state index in [2.05, 4.69) is 23.5 Å². The van der Waals surface area contributed by atoms with Crippen LogP contribution in [0, 0.1) is 0 Å². The monoisotopic (exact) mass is 458 g/mol. The number of amides is 1. The van der Waals surface area contributed by atoms with Gasteiger partial charge in [0.1, 0.15) is 4.21 Å². The van der Waals surface area contributed by atoms with Crippen LogP contribution in [0.5, 0.6) is 0 Å². The Balaban J connectivity index is 1.28. The number of thiophene rings is 2. The van der Waals surface area contributed by atoms with Crippen LogP contribution in [0.3, 0.4) is 0 Å². The molecule has 0 spiro atoms. The van der Waals surface area contributed by atoms with Crippen LogP contribution >= 0.6 is 22.7 Å². The number of carbonyl (C=O) groups is 1. The summed E-state index contributed by atoms with van der Waals surface area (Å²) in [5.41, 5.74) is 3.81. The summed E-state index contributed by atoms with van der Waals surface area (Å²) in [5, 5.41) is 2.96. The highest BCUT2D eigenvalue weighted by Gasteiger charge is 2.28. The lowest BCUT2D eigenvalue weighted by molar-refractivity contribution is 0.0955. The second-order valence-corrected chi connectivity index (χ2v) is 12.0. The molecule has 1 aromatic carbocycles. The van der Waals surface area contributed by atoms with Crippen molar-refractivity contribution in [2.24, 2.45) is 0 Å². The SMILES string of the molecule is O=C(NCc1ccc(S(=O)(=O)N2CCCC2)s1)c1cc2c(s1)-c1ccccc1CC2. The van der Waals surface area contributed by atoms with Crippen molar-refractivity contribution < 1.29 is 13.2 Å². The molecule has 1 fully saturated rings. The van der Waals surface area contributed by atoms with Gasteiger partial charge in [-0.15, -0.1) is 22.7 Å². The lowest BCUT2D eigenvalue weighted by atomic mass is 9.91.